The molecule has 1 aromatic rings. The highest BCUT2D eigenvalue weighted by atomic mass is 32.2. The predicted molar refractivity (Wildman–Crippen MR) is 70.9 cm³/mol. The fourth-order valence-electron chi connectivity index (χ4n) is 1.41. The van der Waals surface area contributed by atoms with E-state index in [9.17, 15) is 8.42 Å². The van der Waals surface area contributed by atoms with E-state index in [0.29, 0.717) is 12.5 Å². The van der Waals surface area contributed by atoms with Gasteiger partial charge in [-0.25, -0.2) is 13.1 Å². The average Bonchev–Trinajstić information content (AvgIpc) is 2.28. The van der Waals surface area contributed by atoms with Crippen molar-refractivity contribution in [2.24, 2.45) is 5.92 Å². The van der Waals surface area contributed by atoms with E-state index in [0.717, 1.165) is 6.42 Å². The maximum absolute atomic E-state index is 11.9. The summed E-state index contributed by atoms with van der Waals surface area (Å²) in [7, 11) is -5.25. The van der Waals surface area contributed by atoms with Gasteiger partial charge in [-0.05, 0) is 29.9 Å². The molecule has 7 heteroatoms. The van der Waals surface area contributed by atoms with Crippen LogP contribution in [0.15, 0.2) is 29.2 Å². The zero-order chi connectivity index (χ0) is 13.8. The molecule has 1 rings (SSSR count). The van der Waals surface area contributed by atoms with Crippen LogP contribution in [0.1, 0.15) is 20.3 Å². The third kappa shape index (κ3) is 4.42. The smallest absolute Gasteiger partial charge is 0.423 e. The first kappa shape index (κ1) is 15.2. The van der Waals surface area contributed by atoms with Crippen LogP contribution in [0.25, 0.3) is 0 Å². The van der Waals surface area contributed by atoms with Gasteiger partial charge < -0.3 is 10.0 Å². The maximum Gasteiger partial charge on any atom is 0.488 e. The first-order valence-corrected chi connectivity index (χ1v) is 7.27. The summed E-state index contributed by atoms with van der Waals surface area (Å²) in [6.45, 7) is 4.39. The summed E-state index contributed by atoms with van der Waals surface area (Å²) < 4.78 is 26.3. The molecule has 0 saturated carbocycles. The van der Waals surface area contributed by atoms with Crippen LogP contribution in [0.3, 0.4) is 0 Å². The molecule has 0 spiro atoms. The zero-order valence-electron chi connectivity index (χ0n) is 10.5. The van der Waals surface area contributed by atoms with Gasteiger partial charge in [-0.2, -0.15) is 0 Å². The minimum atomic E-state index is -3.58. The molecular weight excluding hydrogens is 253 g/mol. The minimum Gasteiger partial charge on any atom is -0.423 e. The van der Waals surface area contributed by atoms with Crippen molar-refractivity contribution in [1.29, 1.82) is 0 Å². The predicted octanol–water partition coefficient (Wildman–Crippen LogP) is -0.309. The molecule has 0 aromatic heterocycles. The van der Waals surface area contributed by atoms with Crippen molar-refractivity contribution < 1.29 is 18.5 Å². The SMILES string of the molecule is CC(C)CCNS(=O)(=O)c1cccc(B(O)O)c1. The monoisotopic (exact) mass is 271 g/mol. The molecule has 0 amide bonds. The maximum atomic E-state index is 11.9. The summed E-state index contributed by atoms with van der Waals surface area (Å²) in [5.74, 6) is 0.415. The van der Waals surface area contributed by atoms with E-state index in [-0.39, 0.29) is 10.4 Å². The zero-order valence-corrected chi connectivity index (χ0v) is 11.3. The average molecular weight is 271 g/mol. The Balaban J connectivity index is 2.81. The lowest BCUT2D eigenvalue weighted by atomic mass is 9.81. The fourth-order valence-corrected chi connectivity index (χ4v) is 2.51. The van der Waals surface area contributed by atoms with Gasteiger partial charge in [0.15, 0.2) is 0 Å². The second-order valence-corrected chi connectivity index (χ2v) is 6.29. The van der Waals surface area contributed by atoms with Crippen molar-refractivity contribution in [3.05, 3.63) is 24.3 Å². The molecule has 0 saturated heterocycles. The molecule has 0 radical (unpaired) electrons. The second kappa shape index (κ2) is 6.33. The summed E-state index contributed by atoms with van der Waals surface area (Å²) in [5.41, 5.74) is 0.154. The van der Waals surface area contributed by atoms with Gasteiger partial charge in [0, 0.05) is 6.54 Å². The number of rotatable bonds is 6. The largest absolute Gasteiger partial charge is 0.488 e. The van der Waals surface area contributed by atoms with E-state index < -0.39 is 17.1 Å². The quantitative estimate of drug-likeness (QED) is 0.619. The number of hydrogen-bond donors (Lipinski definition) is 3. The Bertz CT molecular complexity index is 488. The lowest BCUT2D eigenvalue weighted by Crippen LogP contribution is -2.32. The summed E-state index contributed by atoms with van der Waals surface area (Å²) >= 11 is 0. The minimum absolute atomic E-state index is 0.0388. The molecule has 3 N–H and O–H groups in total. The van der Waals surface area contributed by atoms with Crippen molar-refractivity contribution in [1.82, 2.24) is 4.72 Å². The first-order valence-electron chi connectivity index (χ1n) is 5.78. The summed E-state index contributed by atoms with van der Waals surface area (Å²) in [5, 5.41) is 18.0. The third-order valence-corrected chi connectivity index (χ3v) is 3.94. The molecule has 0 aliphatic heterocycles. The van der Waals surface area contributed by atoms with Crippen LogP contribution < -0.4 is 10.2 Å². The normalized spacial score (nSPS) is 11.8. The Labute approximate surface area is 108 Å². The van der Waals surface area contributed by atoms with E-state index in [1.807, 2.05) is 13.8 Å². The van der Waals surface area contributed by atoms with Gasteiger partial charge in [-0.1, -0.05) is 26.0 Å². The van der Waals surface area contributed by atoms with Crippen molar-refractivity contribution >= 4 is 22.6 Å². The van der Waals surface area contributed by atoms with Gasteiger partial charge in [0.05, 0.1) is 4.90 Å². The van der Waals surface area contributed by atoms with Crippen LogP contribution in [0, 0.1) is 5.92 Å². The van der Waals surface area contributed by atoms with Gasteiger partial charge in [-0.3, -0.25) is 0 Å². The topological polar surface area (TPSA) is 86.6 Å². The molecule has 100 valence electrons. The van der Waals surface area contributed by atoms with Crippen LogP contribution in [0.4, 0.5) is 0 Å². The van der Waals surface area contributed by atoms with Crippen molar-refractivity contribution in [2.45, 2.75) is 25.2 Å². The lowest BCUT2D eigenvalue weighted by molar-refractivity contribution is 0.425. The highest BCUT2D eigenvalue weighted by Gasteiger charge is 2.17. The molecule has 0 bridgehead atoms. The van der Waals surface area contributed by atoms with E-state index in [1.165, 1.54) is 24.3 Å². The highest BCUT2D eigenvalue weighted by molar-refractivity contribution is 7.89. The molecule has 1 aromatic carbocycles. The Morgan fingerprint density at radius 1 is 1.33 bits per heavy atom. The number of benzene rings is 1. The van der Waals surface area contributed by atoms with Gasteiger partial charge in [0.25, 0.3) is 0 Å². The molecule has 0 heterocycles. The summed E-state index contributed by atoms with van der Waals surface area (Å²) in [4.78, 5) is 0.0388. The first-order chi connectivity index (χ1) is 8.33. The second-order valence-electron chi connectivity index (χ2n) is 4.53. The van der Waals surface area contributed by atoms with Gasteiger partial charge in [0.2, 0.25) is 10.0 Å². The molecule has 0 aliphatic carbocycles. The highest BCUT2D eigenvalue weighted by Crippen LogP contribution is 2.07. The van der Waals surface area contributed by atoms with Crippen LogP contribution in [-0.4, -0.2) is 32.1 Å². The van der Waals surface area contributed by atoms with E-state index >= 15 is 0 Å². The van der Waals surface area contributed by atoms with E-state index in [1.54, 1.807) is 0 Å². The molecule has 5 nitrogen and oxygen atoms in total. The number of hydrogen-bond acceptors (Lipinski definition) is 4. The molecular formula is C11H18BNO4S. The number of sulfonamides is 1. The number of nitrogens with one attached hydrogen (secondary N) is 1. The van der Waals surface area contributed by atoms with Crippen LogP contribution in [0.5, 0.6) is 0 Å². The van der Waals surface area contributed by atoms with Gasteiger partial charge >= 0.3 is 7.12 Å². The molecule has 0 aliphatic rings. The van der Waals surface area contributed by atoms with Crippen molar-refractivity contribution in [3.63, 3.8) is 0 Å². The fraction of sp³-hybridized carbons (Fsp3) is 0.455. The van der Waals surface area contributed by atoms with Gasteiger partial charge in [-0.15, -0.1) is 0 Å². The molecule has 18 heavy (non-hydrogen) atoms. The molecule has 0 fully saturated rings. The van der Waals surface area contributed by atoms with Crippen LogP contribution in [-0.2, 0) is 10.0 Å². The molecule has 0 unspecified atom stereocenters. The standard InChI is InChI=1S/C11H18BNO4S/c1-9(2)6-7-13-18(16,17)11-5-3-4-10(8-11)12(14)15/h3-5,8-9,13-15H,6-7H2,1-2H3. The Kier molecular flexibility index (Phi) is 5.34. The summed E-state index contributed by atoms with van der Waals surface area (Å²) in [6.07, 6.45) is 0.752. The third-order valence-electron chi connectivity index (χ3n) is 2.48. The lowest BCUT2D eigenvalue weighted by Gasteiger charge is -2.09. The molecule has 0 atom stereocenters. The van der Waals surface area contributed by atoms with Crippen LogP contribution in [0.2, 0.25) is 0 Å². The van der Waals surface area contributed by atoms with Crippen molar-refractivity contribution in [3.8, 4) is 0 Å². The summed E-state index contributed by atoms with van der Waals surface area (Å²) in [6, 6.07) is 5.61. The van der Waals surface area contributed by atoms with Gasteiger partial charge in [0.1, 0.15) is 0 Å². The Hall–Kier alpha value is -0.885. The van der Waals surface area contributed by atoms with Crippen molar-refractivity contribution in [2.75, 3.05) is 6.54 Å². The Morgan fingerprint density at radius 2 is 2.00 bits per heavy atom. The Morgan fingerprint density at radius 3 is 2.56 bits per heavy atom. The van der Waals surface area contributed by atoms with E-state index in [2.05, 4.69) is 4.72 Å². The van der Waals surface area contributed by atoms with Crippen LogP contribution >= 0.6 is 0 Å². The van der Waals surface area contributed by atoms with E-state index in [4.69, 9.17) is 10.0 Å².